The predicted octanol–water partition coefficient (Wildman–Crippen LogP) is 2.14. The summed E-state index contributed by atoms with van der Waals surface area (Å²) < 4.78 is 0. The highest BCUT2D eigenvalue weighted by Gasteiger charge is 2.17. The Morgan fingerprint density at radius 2 is 1.93 bits per heavy atom. The molecule has 1 saturated carbocycles. The molecule has 0 aromatic heterocycles. The van der Waals surface area contributed by atoms with E-state index >= 15 is 0 Å². The van der Waals surface area contributed by atoms with Crippen LogP contribution in [0.15, 0.2) is 0 Å². The fraction of sp³-hybridized carbons (Fsp3) is 1.00. The van der Waals surface area contributed by atoms with Gasteiger partial charge in [-0.15, -0.1) is 0 Å². The maximum absolute atomic E-state index is 5.87. The van der Waals surface area contributed by atoms with Crippen LogP contribution in [-0.4, -0.2) is 19.1 Å². The Labute approximate surface area is 88.6 Å². The van der Waals surface area contributed by atoms with Gasteiger partial charge in [0.05, 0.1) is 0 Å². The summed E-state index contributed by atoms with van der Waals surface area (Å²) in [5.41, 5.74) is 5.87. The van der Waals surface area contributed by atoms with E-state index in [9.17, 15) is 0 Å². The maximum atomic E-state index is 5.87. The highest BCUT2D eigenvalue weighted by Crippen LogP contribution is 2.22. The van der Waals surface area contributed by atoms with Crippen LogP contribution in [0.5, 0.6) is 0 Å². The van der Waals surface area contributed by atoms with Gasteiger partial charge in [0.1, 0.15) is 0 Å². The normalized spacial score (nSPS) is 30.2. The van der Waals surface area contributed by atoms with Crippen molar-refractivity contribution in [1.29, 1.82) is 0 Å². The monoisotopic (exact) mass is 198 g/mol. The van der Waals surface area contributed by atoms with Crippen LogP contribution < -0.4 is 11.1 Å². The topological polar surface area (TPSA) is 38.0 Å². The summed E-state index contributed by atoms with van der Waals surface area (Å²) in [6.45, 7) is 6.95. The Morgan fingerprint density at radius 3 is 2.50 bits per heavy atom. The molecule has 0 aromatic rings. The molecule has 1 atom stereocenters. The second-order valence-electron chi connectivity index (χ2n) is 4.95. The first kappa shape index (κ1) is 12.0. The second kappa shape index (κ2) is 6.41. The van der Waals surface area contributed by atoms with Crippen LogP contribution in [0.3, 0.4) is 0 Å². The van der Waals surface area contributed by atoms with Gasteiger partial charge in [-0.1, -0.05) is 20.3 Å². The van der Waals surface area contributed by atoms with Crippen molar-refractivity contribution in [3.63, 3.8) is 0 Å². The minimum absolute atomic E-state index is 0.487. The molecule has 0 bridgehead atoms. The van der Waals surface area contributed by atoms with Crippen molar-refractivity contribution in [2.45, 2.75) is 52.0 Å². The minimum atomic E-state index is 0.487. The van der Waals surface area contributed by atoms with Gasteiger partial charge in [-0.2, -0.15) is 0 Å². The van der Waals surface area contributed by atoms with Crippen molar-refractivity contribution in [3.05, 3.63) is 0 Å². The third-order valence-corrected chi connectivity index (χ3v) is 3.51. The van der Waals surface area contributed by atoms with Crippen molar-refractivity contribution >= 4 is 0 Å². The van der Waals surface area contributed by atoms with Crippen LogP contribution in [-0.2, 0) is 0 Å². The van der Waals surface area contributed by atoms with E-state index < -0.39 is 0 Å². The van der Waals surface area contributed by atoms with E-state index in [2.05, 4.69) is 19.2 Å². The largest absolute Gasteiger partial charge is 0.328 e. The predicted molar refractivity (Wildman–Crippen MR) is 62.3 cm³/mol. The molecule has 1 aliphatic carbocycles. The van der Waals surface area contributed by atoms with Gasteiger partial charge >= 0.3 is 0 Å². The van der Waals surface area contributed by atoms with Crippen LogP contribution in [0.25, 0.3) is 0 Å². The molecule has 3 N–H and O–H groups in total. The number of rotatable bonds is 5. The molecule has 1 rings (SSSR count). The van der Waals surface area contributed by atoms with Crippen molar-refractivity contribution in [3.8, 4) is 0 Å². The molecule has 2 nitrogen and oxygen atoms in total. The quantitative estimate of drug-likeness (QED) is 0.710. The molecule has 1 fully saturated rings. The molecule has 0 aliphatic heterocycles. The van der Waals surface area contributed by atoms with Gasteiger partial charge in [-0.25, -0.2) is 0 Å². The third-order valence-electron chi connectivity index (χ3n) is 3.51. The first-order valence-electron chi connectivity index (χ1n) is 6.18. The van der Waals surface area contributed by atoms with Crippen molar-refractivity contribution in [2.24, 2.45) is 17.6 Å². The summed E-state index contributed by atoms with van der Waals surface area (Å²) >= 11 is 0. The molecule has 0 spiro atoms. The van der Waals surface area contributed by atoms with Crippen LogP contribution in [0.2, 0.25) is 0 Å². The fourth-order valence-electron chi connectivity index (χ4n) is 2.07. The van der Waals surface area contributed by atoms with Gasteiger partial charge in [0.15, 0.2) is 0 Å². The van der Waals surface area contributed by atoms with Gasteiger partial charge in [-0.05, 0) is 50.6 Å². The lowest BCUT2D eigenvalue weighted by molar-refractivity contribution is 0.309. The van der Waals surface area contributed by atoms with Gasteiger partial charge in [0.25, 0.3) is 0 Å². The standard InChI is InChI=1S/C12H26N2/c1-3-10(2)8-14-9-11-4-6-12(13)7-5-11/h10-12,14H,3-9,13H2,1-2H3. The average Bonchev–Trinajstić information content (AvgIpc) is 2.21. The zero-order chi connectivity index (χ0) is 10.4. The zero-order valence-corrected chi connectivity index (χ0v) is 9.76. The molecular formula is C12H26N2. The summed E-state index contributed by atoms with van der Waals surface area (Å²) in [6, 6.07) is 0.487. The van der Waals surface area contributed by atoms with Gasteiger partial charge < -0.3 is 11.1 Å². The molecule has 1 unspecified atom stereocenters. The van der Waals surface area contributed by atoms with Crippen molar-refractivity contribution < 1.29 is 0 Å². The van der Waals surface area contributed by atoms with Gasteiger partial charge in [0, 0.05) is 6.04 Å². The Bertz CT molecular complexity index is 139. The lowest BCUT2D eigenvalue weighted by Gasteiger charge is -2.26. The van der Waals surface area contributed by atoms with E-state index in [1.165, 1.54) is 45.2 Å². The SMILES string of the molecule is CCC(C)CNCC1CCC(N)CC1. The van der Waals surface area contributed by atoms with Gasteiger partial charge in [0.2, 0.25) is 0 Å². The number of hydrogen-bond donors (Lipinski definition) is 2. The molecule has 14 heavy (non-hydrogen) atoms. The lowest BCUT2D eigenvalue weighted by Crippen LogP contribution is -2.33. The van der Waals surface area contributed by atoms with Gasteiger partial charge in [-0.3, -0.25) is 0 Å². The lowest BCUT2D eigenvalue weighted by atomic mass is 9.86. The second-order valence-corrected chi connectivity index (χ2v) is 4.95. The third kappa shape index (κ3) is 4.43. The highest BCUT2D eigenvalue weighted by molar-refractivity contribution is 4.75. The zero-order valence-electron chi connectivity index (χ0n) is 9.76. The molecule has 0 aromatic carbocycles. The summed E-state index contributed by atoms with van der Waals surface area (Å²) in [4.78, 5) is 0. The van der Waals surface area contributed by atoms with Crippen LogP contribution in [0.1, 0.15) is 46.0 Å². The highest BCUT2D eigenvalue weighted by atomic mass is 14.9. The van der Waals surface area contributed by atoms with E-state index in [1.807, 2.05) is 0 Å². The Balaban J connectivity index is 2.02. The Kier molecular flexibility index (Phi) is 5.49. The summed E-state index contributed by atoms with van der Waals surface area (Å²) in [5.74, 6) is 1.71. The molecular weight excluding hydrogens is 172 g/mol. The molecule has 0 amide bonds. The summed E-state index contributed by atoms with van der Waals surface area (Å²) in [7, 11) is 0. The van der Waals surface area contributed by atoms with E-state index in [0.717, 1.165) is 11.8 Å². The molecule has 84 valence electrons. The Hall–Kier alpha value is -0.0800. The number of nitrogens with one attached hydrogen (secondary N) is 1. The average molecular weight is 198 g/mol. The first-order chi connectivity index (χ1) is 6.72. The van der Waals surface area contributed by atoms with Crippen LogP contribution in [0.4, 0.5) is 0 Å². The van der Waals surface area contributed by atoms with E-state index in [1.54, 1.807) is 0 Å². The van der Waals surface area contributed by atoms with Crippen LogP contribution in [0, 0.1) is 11.8 Å². The first-order valence-corrected chi connectivity index (χ1v) is 6.18. The smallest absolute Gasteiger partial charge is 0.00390 e. The molecule has 0 heterocycles. The van der Waals surface area contributed by atoms with Crippen molar-refractivity contribution in [1.82, 2.24) is 5.32 Å². The van der Waals surface area contributed by atoms with E-state index in [-0.39, 0.29) is 0 Å². The van der Waals surface area contributed by atoms with Crippen molar-refractivity contribution in [2.75, 3.05) is 13.1 Å². The molecule has 0 saturated heterocycles. The summed E-state index contributed by atoms with van der Waals surface area (Å²) in [5, 5.41) is 3.58. The number of nitrogens with two attached hydrogens (primary N) is 1. The molecule has 0 radical (unpaired) electrons. The Morgan fingerprint density at radius 1 is 1.29 bits per heavy atom. The fourth-order valence-corrected chi connectivity index (χ4v) is 2.07. The van der Waals surface area contributed by atoms with E-state index in [0.29, 0.717) is 6.04 Å². The molecule has 1 aliphatic rings. The number of hydrogen-bond acceptors (Lipinski definition) is 2. The summed E-state index contributed by atoms with van der Waals surface area (Å²) in [6.07, 6.45) is 6.40. The van der Waals surface area contributed by atoms with E-state index in [4.69, 9.17) is 5.73 Å². The molecule has 2 heteroatoms. The van der Waals surface area contributed by atoms with Crippen LogP contribution >= 0.6 is 0 Å². The minimum Gasteiger partial charge on any atom is -0.328 e. The maximum Gasteiger partial charge on any atom is 0.00390 e.